The predicted octanol–water partition coefficient (Wildman–Crippen LogP) is 2.89. The van der Waals surface area contributed by atoms with Gasteiger partial charge in [0.2, 0.25) is 0 Å². The molecule has 0 saturated carbocycles. The maximum Gasteiger partial charge on any atom is 0.134 e. The van der Waals surface area contributed by atoms with Crippen LogP contribution in [-0.4, -0.2) is 45.9 Å². The molecule has 0 bridgehead atoms. The van der Waals surface area contributed by atoms with E-state index < -0.39 is 6.10 Å². The molecule has 25 heavy (non-hydrogen) atoms. The van der Waals surface area contributed by atoms with E-state index in [2.05, 4.69) is 20.2 Å². The van der Waals surface area contributed by atoms with Crippen LogP contribution in [0, 0.1) is 0 Å². The maximum atomic E-state index is 10.4. The molecule has 1 aliphatic heterocycles. The van der Waals surface area contributed by atoms with Crippen molar-refractivity contribution in [3.8, 4) is 0 Å². The second kappa shape index (κ2) is 8.19. The van der Waals surface area contributed by atoms with Crippen molar-refractivity contribution < 1.29 is 10.2 Å². The number of hydrogen-bond acceptors (Lipinski definition) is 6. The summed E-state index contributed by atoms with van der Waals surface area (Å²) in [6.45, 7) is 1.18. The first-order chi connectivity index (χ1) is 12.1. The van der Waals surface area contributed by atoms with Gasteiger partial charge in [-0.3, -0.25) is 0 Å². The fourth-order valence-electron chi connectivity index (χ4n) is 3.06. The van der Waals surface area contributed by atoms with Gasteiger partial charge in [0.1, 0.15) is 18.0 Å². The van der Waals surface area contributed by atoms with Crippen molar-refractivity contribution in [2.24, 2.45) is 0 Å². The normalized spacial score (nSPS) is 18.4. The van der Waals surface area contributed by atoms with Crippen molar-refractivity contribution in [3.05, 3.63) is 46.2 Å². The number of nitrogens with one attached hydrogen (secondary N) is 1. The second-order valence-electron chi connectivity index (χ2n) is 5.97. The van der Waals surface area contributed by atoms with E-state index in [0.29, 0.717) is 21.4 Å². The summed E-state index contributed by atoms with van der Waals surface area (Å²) >= 11 is 12.2. The van der Waals surface area contributed by atoms with Gasteiger partial charge in [0, 0.05) is 34.8 Å². The maximum absolute atomic E-state index is 10.4. The Hall–Kier alpha value is -1.60. The molecule has 3 rings (SSSR count). The summed E-state index contributed by atoms with van der Waals surface area (Å²) in [6, 6.07) is 7.03. The van der Waals surface area contributed by atoms with Crippen LogP contribution < -0.4 is 10.2 Å². The second-order valence-corrected chi connectivity index (χ2v) is 6.78. The zero-order chi connectivity index (χ0) is 17.8. The highest BCUT2D eigenvalue weighted by Crippen LogP contribution is 2.30. The summed E-state index contributed by atoms with van der Waals surface area (Å²) in [5, 5.41) is 23.8. The molecule has 1 saturated heterocycles. The number of halogens is 2. The van der Waals surface area contributed by atoms with E-state index in [9.17, 15) is 10.2 Å². The van der Waals surface area contributed by atoms with E-state index in [1.54, 1.807) is 18.2 Å². The number of benzene rings is 1. The Bertz CT molecular complexity index is 711. The molecule has 2 atom stereocenters. The van der Waals surface area contributed by atoms with Crippen LogP contribution in [0.1, 0.15) is 24.5 Å². The first-order valence-electron chi connectivity index (χ1n) is 8.15. The molecule has 6 nitrogen and oxygen atoms in total. The van der Waals surface area contributed by atoms with Gasteiger partial charge in [0.05, 0.1) is 18.8 Å². The van der Waals surface area contributed by atoms with Crippen LogP contribution in [0.5, 0.6) is 0 Å². The monoisotopic (exact) mass is 382 g/mol. The molecule has 134 valence electrons. The van der Waals surface area contributed by atoms with Gasteiger partial charge in [-0.25, -0.2) is 9.97 Å². The molecule has 2 heterocycles. The lowest BCUT2D eigenvalue weighted by atomic mass is 10.1. The first-order valence-corrected chi connectivity index (χ1v) is 8.91. The first kappa shape index (κ1) is 18.2. The minimum Gasteiger partial charge on any atom is -0.394 e. The minimum absolute atomic E-state index is 0.0928. The molecular weight excluding hydrogens is 363 g/mol. The number of aromatic nitrogens is 2. The highest BCUT2D eigenvalue weighted by molar-refractivity contribution is 6.36. The van der Waals surface area contributed by atoms with E-state index in [1.807, 2.05) is 6.07 Å². The zero-order valence-corrected chi connectivity index (χ0v) is 15.1. The average molecular weight is 383 g/mol. The molecule has 0 radical (unpaired) electrons. The summed E-state index contributed by atoms with van der Waals surface area (Å²) in [5.41, 5.74) is 0.493. The van der Waals surface area contributed by atoms with E-state index in [0.717, 1.165) is 25.2 Å². The van der Waals surface area contributed by atoms with Crippen LogP contribution in [0.3, 0.4) is 0 Å². The van der Waals surface area contributed by atoms with Crippen molar-refractivity contribution in [2.45, 2.75) is 25.0 Å². The third kappa shape index (κ3) is 4.15. The van der Waals surface area contributed by atoms with Crippen LogP contribution in [0.4, 0.5) is 11.6 Å². The number of rotatable bonds is 6. The number of hydrogen-bond donors (Lipinski definition) is 3. The summed E-state index contributed by atoms with van der Waals surface area (Å²) < 4.78 is 0. The van der Waals surface area contributed by atoms with Gasteiger partial charge in [-0.1, -0.05) is 29.3 Å². The molecule has 8 heteroatoms. The molecule has 2 aromatic rings. The number of nitrogens with zero attached hydrogens (tertiary/aromatic N) is 3. The Kier molecular flexibility index (Phi) is 5.96. The van der Waals surface area contributed by atoms with Gasteiger partial charge >= 0.3 is 0 Å². The van der Waals surface area contributed by atoms with Crippen LogP contribution >= 0.6 is 23.2 Å². The highest BCUT2D eigenvalue weighted by Gasteiger charge is 2.25. The summed E-state index contributed by atoms with van der Waals surface area (Å²) in [4.78, 5) is 10.6. The Morgan fingerprint density at radius 3 is 2.76 bits per heavy atom. The van der Waals surface area contributed by atoms with Crippen LogP contribution in [0.25, 0.3) is 0 Å². The third-order valence-electron chi connectivity index (χ3n) is 4.34. The lowest BCUT2D eigenvalue weighted by Gasteiger charge is -2.24. The minimum atomic E-state index is -0.864. The zero-order valence-electron chi connectivity index (χ0n) is 13.6. The molecule has 0 amide bonds. The van der Waals surface area contributed by atoms with Gasteiger partial charge in [-0.15, -0.1) is 0 Å². The van der Waals surface area contributed by atoms with Crippen molar-refractivity contribution in [2.75, 3.05) is 29.9 Å². The molecule has 0 aliphatic carbocycles. The Balaban J connectivity index is 1.68. The predicted molar refractivity (Wildman–Crippen MR) is 99.4 cm³/mol. The Labute approximate surface area is 156 Å². The van der Waals surface area contributed by atoms with Gasteiger partial charge in [-0.2, -0.15) is 0 Å². The summed E-state index contributed by atoms with van der Waals surface area (Å²) in [7, 11) is 0. The van der Waals surface area contributed by atoms with Crippen LogP contribution in [-0.2, 0) is 0 Å². The third-order valence-corrected chi connectivity index (χ3v) is 5.00. The summed E-state index contributed by atoms with van der Waals surface area (Å²) in [6.07, 6.45) is 2.59. The van der Waals surface area contributed by atoms with Gasteiger partial charge < -0.3 is 20.4 Å². The van der Waals surface area contributed by atoms with Crippen molar-refractivity contribution in [1.82, 2.24) is 9.97 Å². The topological polar surface area (TPSA) is 81.5 Å². The largest absolute Gasteiger partial charge is 0.394 e. The standard InChI is InChI=1S/C17H20Cl2N4O2/c18-12-4-1-5-13(19)17(12)14(25)8-20-15-7-16(22-10-21-15)23-6-2-3-11(23)9-24/h1,4-5,7,10-11,14,24-25H,2-3,6,8-9H2,(H,20,21,22). The number of aliphatic hydroxyl groups is 2. The molecule has 0 spiro atoms. The lowest BCUT2D eigenvalue weighted by Crippen LogP contribution is -2.32. The Morgan fingerprint density at radius 1 is 1.28 bits per heavy atom. The van der Waals surface area contributed by atoms with Gasteiger partial charge in [0.15, 0.2) is 0 Å². The molecule has 1 aromatic heterocycles. The van der Waals surface area contributed by atoms with Crippen molar-refractivity contribution in [3.63, 3.8) is 0 Å². The highest BCUT2D eigenvalue weighted by atomic mass is 35.5. The SMILES string of the molecule is OCC1CCCN1c1cc(NCC(O)c2c(Cl)cccc2Cl)ncn1. The van der Waals surface area contributed by atoms with Gasteiger partial charge in [-0.05, 0) is 25.0 Å². The van der Waals surface area contributed by atoms with E-state index in [1.165, 1.54) is 6.33 Å². The van der Waals surface area contributed by atoms with E-state index in [-0.39, 0.29) is 19.2 Å². The number of aliphatic hydroxyl groups excluding tert-OH is 2. The average Bonchev–Trinajstić information content (AvgIpc) is 3.09. The fraction of sp³-hybridized carbons (Fsp3) is 0.412. The van der Waals surface area contributed by atoms with Gasteiger partial charge in [0.25, 0.3) is 0 Å². The lowest BCUT2D eigenvalue weighted by molar-refractivity contribution is 0.191. The van der Waals surface area contributed by atoms with E-state index >= 15 is 0 Å². The molecule has 1 aromatic carbocycles. The molecule has 1 aliphatic rings. The molecular formula is C17H20Cl2N4O2. The Morgan fingerprint density at radius 2 is 2.04 bits per heavy atom. The summed E-state index contributed by atoms with van der Waals surface area (Å²) in [5.74, 6) is 1.36. The van der Waals surface area contributed by atoms with Crippen LogP contribution in [0.15, 0.2) is 30.6 Å². The molecule has 2 unspecified atom stereocenters. The fourth-order valence-corrected chi connectivity index (χ4v) is 3.71. The quantitative estimate of drug-likeness (QED) is 0.712. The number of anilines is 2. The molecule has 1 fully saturated rings. The smallest absolute Gasteiger partial charge is 0.134 e. The molecule has 3 N–H and O–H groups in total. The van der Waals surface area contributed by atoms with E-state index in [4.69, 9.17) is 23.2 Å². The van der Waals surface area contributed by atoms with Crippen LogP contribution in [0.2, 0.25) is 10.0 Å². The van der Waals surface area contributed by atoms with Crippen molar-refractivity contribution in [1.29, 1.82) is 0 Å². The van der Waals surface area contributed by atoms with Crippen molar-refractivity contribution >= 4 is 34.8 Å².